The Morgan fingerprint density at radius 3 is 2.50 bits per heavy atom. The molecule has 0 aliphatic rings. The number of nitrogens with two attached hydrogens (primary N) is 2. The molecule has 4 nitrogen and oxygen atoms in total. The maximum absolute atomic E-state index is 5.62. The first kappa shape index (κ1) is 6.84. The molecule has 62 valence electrons. The normalized spacial score (nSPS) is 10.3. The van der Waals surface area contributed by atoms with E-state index in [1.165, 1.54) is 6.26 Å². The molecule has 4 N–H and O–H groups in total. The third kappa shape index (κ3) is 0.852. The SMILES string of the molecule is Nc1coc(-c2ccco2)c1N. The van der Waals surface area contributed by atoms with E-state index in [1.54, 1.807) is 18.4 Å². The summed E-state index contributed by atoms with van der Waals surface area (Å²) in [6.07, 6.45) is 2.95. The number of hydrogen-bond acceptors (Lipinski definition) is 4. The van der Waals surface area contributed by atoms with Gasteiger partial charge < -0.3 is 20.3 Å². The van der Waals surface area contributed by atoms with Gasteiger partial charge in [-0.25, -0.2) is 0 Å². The molecule has 0 aliphatic carbocycles. The van der Waals surface area contributed by atoms with E-state index in [2.05, 4.69) is 0 Å². The molecular formula is C8H8N2O2. The lowest BCUT2D eigenvalue weighted by Crippen LogP contribution is -1.90. The molecule has 2 aromatic heterocycles. The summed E-state index contributed by atoms with van der Waals surface area (Å²) >= 11 is 0. The minimum Gasteiger partial charge on any atom is -0.461 e. The summed E-state index contributed by atoms with van der Waals surface area (Å²) in [5.41, 5.74) is 12.0. The van der Waals surface area contributed by atoms with Crippen molar-refractivity contribution in [1.82, 2.24) is 0 Å². The molecular weight excluding hydrogens is 156 g/mol. The van der Waals surface area contributed by atoms with Crippen molar-refractivity contribution in [3.63, 3.8) is 0 Å². The molecule has 4 heteroatoms. The van der Waals surface area contributed by atoms with Gasteiger partial charge in [0.05, 0.1) is 12.0 Å². The zero-order valence-corrected chi connectivity index (χ0v) is 6.28. The monoisotopic (exact) mass is 164 g/mol. The fraction of sp³-hybridized carbons (Fsp3) is 0. The topological polar surface area (TPSA) is 78.3 Å². The summed E-state index contributed by atoms with van der Waals surface area (Å²) in [5, 5.41) is 0. The van der Waals surface area contributed by atoms with E-state index in [4.69, 9.17) is 20.3 Å². The van der Waals surface area contributed by atoms with Gasteiger partial charge >= 0.3 is 0 Å². The number of furan rings is 2. The van der Waals surface area contributed by atoms with Gasteiger partial charge in [0.25, 0.3) is 0 Å². The second-order valence-corrected chi connectivity index (χ2v) is 2.41. The lowest BCUT2D eigenvalue weighted by Gasteiger charge is -1.91. The Bertz CT molecular complexity index is 376. The van der Waals surface area contributed by atoms with Crippen LogP contribution < -0.4 is 11.5 Å². The van der Waals surface area contributed by atoms with Crippen molar-refractivity contribution in [3.8, 4) is 11.5 Å². The van der Waals surface area contributed by atoms with Crippen LogP contribution in [0, 0.1) is 0 Å². The van der Waals surface area contributed by atoms with Crippen molar-refractivity contribution in [2.75, 3.05) is 11.5 Å². The fourth-order valence-corrected chi connectivity index (χ4v) is 0.979. The van der Waals surface area contributed by atoms with Gasteiger partial charge in [-0.2, -0.15) is 0 Å². The van der Waals surface area contributed by atoms with Crippen LogP contribution in [0.3, 0.4) is 0 Å². The van der Waals surface area contributed by atoms with Crippen molar-refractivity contribution < 1.29 is 8.83 Å². The second-order valence-electron chi connectivity index (χ2n) is 2.41. The molecule has 0 bridgehead atoms. The summed E-state index contributed by atoms with van der Waals surface area (Å²) < 4.78 is 10.2. The number of nitrogen functional groups attached to an aromatic ring is 2. The van der Waals surface area contributed by atoms with Crippen LogP contribution in [0.1, 0.15) is 0 Å². The zero-order chi connectivity index (χ0) is 8.55. The Morgan fingerprint density at radius 2 is 2.00 bits per heavy atom. The predicted octanol–water partition coefficient (Wildman–Crippen LogP) is 1.70. The van der Waals surface area contributed by atoms with E-state index < -0.39 is 0 Å². The molecule has 0 atom stereocenters. The maximum Gasteiger partial charge on any atom is 0.194 e. The van der Waals surface area contributed by atoms with Crippen LogP contribution in [-0.2, 0) is 0 Å². The lowest BCUT2D eigenvalue weighted by molar-refractivity contribution is 0.526. The van der Waals surface area contributed by atoms with Crippen LogP contribution in [0.4, 0.5) is 11.4 Å². The Hall–Kier alpha value is -1.84. The highest BCUT2D eigenvalue weighted by molar-refractivity contribution is 5.77. The first-order chi connectivity index (χ1) is 5.79. The molecule has 0 aromatic carbocycles. The van der Waals surface area contributed by atoms with Gasteiger partial charge in [-0.1, -0.05) is 0 Å². The molecule has 0 aliphatic heterocycles. The van der Waals surface area contributed by atoms with Gasteiger partial charge in [0, 0.05) is 0 Å². The van der Waals surface area contributed by atoms with Crippen molar-refractivity contribution in [1.29, 1.82) is 0 Å². The van der Waals surface area contributed by atoms with E-state index >= 15 is 0 Å². The summed E-state index contributed by atoms with van der Waals surface area (Å²) in [4.78, 5) is 0. The number of hydrogen-bond donors (Lipinski definition) is 2. The first-order valence-corrected chi connectivity index (χ1v) is 3.45. The van der Waals surface area contributed by atoms with Crippen molar-refractivity contribution in [2.45, 2.75) is 0 Å². The third-order valence-electron chi connectivity index (χ3n) is 1.60. The number of rotatable bonds is 1. The van der Waals surface area contributed by atoms with Crippen LogP contribution in [-0.4, -0.2) is 0 Å². The molecule has 0 saturated carbocycles. The van der Waals surface area contributed by atoms with Crippen LogP contribution in [0.15, 0.2) is 33.5 Å². The van der Waals surface area contributed by atoms with Crippen LogP contribution >= 0.6 is 0 Å². The Morgan fingerprint density at radius 1 is 1.17 bits per heavy atom. The Kier molecular flexibility index (Phi) is 1.33. The van der Waals surface area contributed by atoms with Crippen molar-refractivity contribution >= 4 is 11.4 Å². The average molecular weight is 164 g/mol. The van der Waals surface area contributed by atoms with E-state index in [0.717, 1.165) is 0 Å². The predicted molar refractivity (Wildman–Crippen MR) is 45.2 cm³/mol. The molecule has 0 saturated heterocycles. The molecule has 12 heavy (non-hydrogen) atoms. The van der Waals surface area contributed by atoms with Crippen LogP contribution in [0.25, 0.3) is 11.5 Å². The van der Waals surface area contributed by atoms with Crippen LogP contribution in [0.2, 0.25) is 0 Å². The quantitative estimate of drug-likeness (QED) is 0.672. The molecule has 2 heterocycles. The largest absolute Gasteiger partial charge is 0.461 e. The van der Waals surface area contributed by atoms with Gasteiger partial charge in [0.15, 0.2) is 11.5 Å². The van der Waals surface area contributed by atoms with E-state index in [9.17, 15) is 0 Å². The van der Waals surface area contributed by atoms with Gasteiger partial charge in [0.1, 0.15) is 12.0 Å². The highest BCUT2D eigenvalue weighted by Gasteiger charge is 2.11. The first-order valence-electron chi connectivity index (χ1n) is 3.45. The summed E-state index contributed by atoms with van der Waals surface area (Å²) in [7, 11) is 0. The Balaban J connectivity index is 2.55. The zero-order valence-electron chi connectivity index (χ0n) is 6.28. The minimum absolute atomic E-state index is 0.421. The molecule has 2 aromatic rings. The second kappa shape index (κ2) is 2.34. The van der Waals surface area contributed by atoms with E-state index in [1.807, 2.05) is 0 Å². The lowest BCUT2D eigenvalue weighted by atomic mass is 10.3. The molecule has 0 unspecified atom stereocenters. The van der Waals surface area contributed by atoms with Gasteiger partial charge in [-0.3, -0.25) is 0 Å². The van der Waals surface area contributed by atoms with Crippen LogP contribution in [0.5, 0.6) is 0 Å². The fourth-order valence-electron chi connectivity index (χ4n) is 0.979. The van der Waals surface area contributed by atoms with Gasteiger partial charge in [0.2, 0.25) is 0 Å². The summed E-state index contributed by atoms with van der Waals surface area (Å²) in [5.74, 6) is 1.07. The van der Waals surface area contributed by atoms with E-state index in [-0.39, 0.29) is 0 Å². The molecule has 0 spiro atoms. The van der Waals surface area contributed by atoms with Gasteiger partial charge in [-0.05, 0) is 12.1 Å². The smallest absolute Gasteiger partial charge is 0.194 e. The third-order valence-corrected chi connectivity index (χ3v) is 1.60. The Labute approximate surface area is 68.8 Å². The minimum atomic E-state index is 0.421. The number of anilines is 2. The van der Waals surface area contributed by atoms with Gasteiger partial charge in [-0.15, -0.1) is 0 Å². The molecule has 0 amide bonds. The van der Waals surface area contributed by atoms with Crippen molar-refractivity contribution in [2.24, 2.45) is 0 Å². The summed E-state index contributed by atoms with van der Waals surface area (Å²) in [6, 6.07) is 3.52. The highest BCUT2D eigenvalue weighted by atomic mass is 16.4. The van der Waals surface area contributed by atoms with E-state index in [0.29, 0.717) is 22.9 Å². The molecule has 0 fully saturated rings. The summed E-state index contributed by atoms with van der Waals surface area (Å²) in [6.45, 7) is 0. The molecule has 0 radical (unpaired) electrons. The van der Waals surface area contributed by atoms with Crippen molar-refractivity contribution in [3.05, 3.63) is 24.7 Å². The average Bonchev–Trinajstić information content (AvgIpc) is 2.64. The standard InChI is InChI=1S/C8H8N2O2/c9-5-4-12-8(7(5)10)6-2-1-3-11-6/h1-4H,9-10H2. The highest BCUT2D eigenvalue weighted by Crippen LogP contribution is 2.31. The molecule has 2 rings (SSSR count). The maximum atomic E-state index is 5.62.